The largest absolute Gasteiger partial charge is 0.376 e. The average molecular weight is 566 g/mol. The number of hydrogen-bond acceptors (Lipinski definition) is 7. The van der Waals surface area contributed by atoms with E-state index in [0.29, 0.717) is 53.2 Å². The third-order valence-electron chi connectivity index (χ3n) is 7.60. The van der Waals surface area contributed by atoms with Gasteiger partial charge >= 0.3 is 10.2 Å². The predicted molar refractivity (Wildman–Crippen MR) is 152 cm³/mol. The Morgan fingerprint density at radius 2 is 1.90 bits per heavy atom. The molecule has 1 atom stereocenters. The standard InChI is InChI=1S/C28H32N6O5S/c1-33(17-24-18-38-10-11-39-24)40(36,37)32-22-4-2-19-3-5-27-26(28(35)25(19)13-22)12-20(14-30-27)21-15-31-34(16-21)23-6-8-29-9-7-23/h2-5,12-16,23-24,29,32H,6-11,17-18H2,1H3/p+1/t24-/m1/s1. The Morgan fingerprint density at radius 3 is 2.70 bits per heavy atom. The van der Waals surface area contributed by atoms with Crippen LogP contribution in [0.15, 0.2) is 59.8 Å². The van der Waals surface area contributed by atoms with Crippen LogP contribution < -0.4 is 15.5 Å². The first-order chi connectivity index (χ1) is 19.4. The molecule has 0 aliphatic carbocycles. The fourth-order valence-electron chi connectivity index (χ4n) is 5.34. The Kier molecular flexibility index (Phi) is 7.51. The Labute approximate surface area is 232 Å². The van der Waals surface area contributed by atoms with Gasteiger partial charge in [-0.05, 0) is 29.7 Å². The van der Waals surface area contributed by atoms with Gasteiger partial charge in [-0.25, -0.2) is 0 Å². The summed E-state index contributed by atoms with van der Waals surface area (Å²) >= 11 is 0. The molecule has 4 aromatic rings. The summed E-state index contributed by atoms with van der Waals surface area (Å²) in [5.74, 6) is 0. The first-order valence-corrected chi connectivity index (χ1v) is 15.0. The molecule has 0 unspecified atom stereocenters. The van der Waals surface area contributed by atoms with Crippen molar-refractivity contribution in [3.05, 3.63) is 65.2 Å². The number of piperidine rings is 1. The first-order valence-electron chi connectivity index (χ1n) is 13.5. The summed E-state index contributed by atoms with van der Waals surface area (Å²) in [5.41, 5.74) is 2.36. The summed E-state index contributed by atoms with van der Waals surface area (Å²) in [4.78, 5) is 18.3. The van der Waals surface area contributed by atoms with E-state index in [2.05, 4.69) is 20.1 Å². The van der Waals surface area contributed by atoms with E-state index >= 15 is 0 Å². The van der Waals surface area contributed by atoms with Gasteiger partial charge in [-0.15, -0.1) is 0 Å². The predicted octanol–water partition coefficient (Wildman–Crippen LogP) is 1.51. The molecule has 0 saturated carbocycles. The molecule has 12 heteroatoms. The number of nitrogens with two attached hydrogens (primary N) is 1. The summed E-state index contributed by atoms with van der Waals surface area (Å²) in [5, 5.41) is 8.46. The topological polar surface area (TPSA) is 132 Å². The van der Waals surface area contributed by atoms with Crippen molar-refractivity contribution in [2.75, 3.05) is 51.2 Å². The normalized spacial score (nSPS) is 18.9. The van der Waals surface area contributed by atoms with Crippen molar-refractivity contribution in [2.45, 2.75) is 25.0 Å². The molecule has 2 aromatic carbocycles. The number of rotatable bonds is 7. The molecule has 6 rings (SSSR count). The summed E-state index contributed by atoms with van der Waals surface area (Å²) in [6.07, 6.45) is 7.43. The highest BCUT2D eigenvalue weighted by atomic mass is 32.2. The summed E-state index contributed by atoms with van der Waals surface area (Å²) < 4.78 is 42.8. The van der Waals surface area contributed by atoms with Crippen LogP contribution in [0.3, 0.4) is 0 Å². The molecule has 0 bridgehead atoms. The van der Waals surface area contributed by atoms with Gasteiger partial charge in [0.1, 0.15) is 0 Å². The van der Waals surface area contributed by atoms with Crippen LogP contribution in [0.25, 0.3) is 32.8 Å². The number of ether oxygens (including phenoxy) is 2. The molecule has 2 saturated heterocycles. The molecule has 4 heterocycles. The van der Waals surface area contributed by atoms with E-state index in [4.69, 9.17) is 9.47 Å². The van der Waals surface area contributed by atoms with Crippen molar-refractivity contribution in [3.63, 3.8) is 0 Å². The van der Waals surface area contributed by atoms with Crippen molar-refractivity contribution < 1.29 is 23.2 Å². The maximum Gasteiger partial charge on any atom is 0.301 e. The second kappa shape index (κ2) is 11.2. The van der Waals surface area contributed by atoms with E-state index in [1.54, 1.807) is 24.4 Å². The van der Waals surface area contributed by atoms with Crippen molar-refractivity contribution >= 4 is 37.6 Å². The third kappa shape index (κ3) is 5.58. The van der Waals surface area contributed by atoms with Gasteiger partial charge < -0.3 is 14.8 Å². The van der Waals surface area contributed by atoms with Crippen LogP contribution in [-0.4, -0.2) is 80.1 Å². The summed E-state index contributed by atoms with van der Waals surface area (Å²) in [6, 6.07) is 10.8. The molecule has 3 N–H and O–H groups in total. The lowest BCUT2D eigenvalue weighted by Gasteiger charge is -2.27. The molecular formula is C28H33N6O5S+. The molecule has 2 aromatic heterocycles. The van der Waals surface area contributed by atoms with Gasteiger partial charge in [-0.2, -0.15) is 17.8 Å². The Bertz CT molecular complexity index is 1700. The zero-order chi connectivity index (χ0) is 27.7. The van der Waals surface area contributed by atoms with E-state index in [-0.39, 0.29) is 18.1 Å². The number of benzene rings is 1. The van der Waals surface area contributed by atoms with Crippen molar-refractivity contribution in [3.8, 4) is 11.1 Å². The van der Waals surface area contributed by atoms with E-state index in [1.807, 2.05) is 35.3 Å². The Morgan fingerprint density at radius 1 is 1.07 bits per heavy atom. The van der Waals surface area contributed by atoms with Gasteiger partial charge in [0.15, 0.2) is 5.43 Å². The lowest BCUT2D eigenvalue weighted by atomic mass is 10.1. The molecule has 2 aliphatic heterocycles. The first kappa shape index (κ1) is 26.8. The lowest BCUT2D eigenvalue weighted by Crippen LogP contribution is -2.86. The van der Waals surface area contributed by atoms with E-state index in [0.717, 1.165) is 37.1 Å². The van der Waals surface area contributed by atoms with Crippen molar-refractivity contribution in [2.24, 2.45) is 0 Å². The van der Waals surface area contributed by atoms with Crippen LogP contribution in [0.2, 0.25) is 0 Å². The van der Waals surface area contributed by atoms with Crippen LogP contribution in [0.1, 0.15) is 18.9 Å². The molecule has 2 fully saturated rings. The van der Waals surface area contributed by atoms with E-state index in [1.165, 1.54) is 11.4 Å². The SMILES string of the molecule is CN(C[C@@H]1COCCO1)S(=O)(=O)Nc1ccc2ccc3ncc(-c4cnn(C5CC[NH2+]CC5)c4)cc3c(=O)c2c1. The highest BCUT2D eigenvalue weighted by Crippen LogP contribution is 2.25. The zero-order valence-corrected chi connectivity index (χ0v) is 23.1. The lowest BCUT2D eigenvalue weighted by molar-refractivity contribution is -0.664. The molecular weight excluding hydrogens is 532 g/mol. The number of fused-ring (bicyclic) bond motifs is 2. The number of nitrogens with zero attached hydrogens (tertiary/aromatic N) is 4. The average Bonchev–Trinajstić information content (AvgIpc) is 3.42. The maximum atomic E-state index is 13.8. The molecule has 2 aliphatic rings. The molecule has 0 spiro atoms. The molecule has 11 nitrogen and oxygen atoms in total. The monoisotopic (exact) mass is 565 g/mol. The maximum absolute atomic E-state index is 13.8. The molecule has 40 heavy (non-hydrogen) atoms. The fraction of sp³-hybridized carbons (Fsp3) is 0.393. The second-order valence-corrected chi connectivity index (χ2v) is 12.2. The van der Waals surface area contributed by atoms with Crippen molar-refractivity contribution in [1.29, 1.82) is 0 Å². The minimum absolute atomic E-state index is 0.152. The Balaban J connectivity index is 1.30. The smallest absolute Gasteiger partial charge is 0.301 e. The van der Waals surface area contributed by atoms with Crippen LogP contribution in [0, 0.1) is 0 Å². The zero-order valence-electron chi connectivity index (χ0n) is 22.3. The van der Waals surface area contributed by atoms with Gasteiger partial charge in [-0.3, -0.25) is 19.2 Å². The van der Waals surface area contributed by atoms with Crippen molar-refractivity contribution in [1.82, 2.24) is 19.1 Å². The van der Waals surface area contributed by atoms with Gasteiger partial charge in [0.25, 0.3) is 0 Å². The molecule has 0 radical (unpaired) electrons. The van der Waals surface area contributed by atoms with Gasteiger partial charge in [-0.1, -0.05) is 12.1 Å². The van der Waals surface area contributed by atoms with Crippen LogP contribution in [0.5, 0.6) is 0 Å². The van der Waals surface area contributed by atoms with E-state index < -0.39 is 10.2 Å². The fourth-order valence-corrected chi connectivity index (χ4v) is 6.28. The number of anilines is 1. The molecule has 0 amide bonds. The van der Waals surface area contributed by atoms with Crippen LogP contribution in [-0.2, 0) is 19.7 Å². The van der Waals surface area contributed by atoms with Crippen LogP contribution >= 0.6 is 0 Å². The van der Waals surface area contributed by atoms with E-state index in [9.17, 15) is 13.2 Å². The number of nitrogens with one attached hydrogen (secondary N) is 1. The quantitative estimate of drug-likeness (QED) is 0.347. The van der Waals surface area contributed by atoms with Gasteiger partial charge in [0.05, 0.1) is 62.5 Å². The second-order valence-electron chi connectivity index (χ2n) is 10.4. The number of aromatic nitrogens is 3. The van der Waals surface area contributed by atoms with Gasteiger partial charge in [0.2, 0.25) is 0 Å². The highest BCUT2D eigenvalue weighted by molar-refractivity contribution is 7.90. The number of quaternary nitrogens is 1. The highest BCUT2D eigenvalue weighted by Gasteiger charge is 2.24. The Hall–Kier alpha value is -3.42. The number of hydrogen-bond donors (Lipinski definition) is 2. The van der Waals surface area contributed by atoms with Gasteiger partial charge in [0, 0.05) is 60.7 Å². The number of likely N-dealkylation sites (N-methyl/N-ethyl adjacent to an activating group) is 1. The summed E-state index contributed by atoms with van der Waals surface area (Å²) in [6.45, 7) is 3.63. The van der Waals surface area contributed by atoms with Crippen LogP contribution in [0.4, 0.5) is 5.69 Å². The minimum Gasteiger partial charge on any atom is -0.376 e. The summed E-state index contributed by atoms with van der Waals surface area (Å²) in [7, 11) is -2.40. The minimum atomic E-state index is -3.88. The third-order valence-corrected chi connectivity index (χ3v) is 9.07. The molecule has 210 valence electrons. The number of pyridine rings is 1.